The minimum absolute atomic E-state index is 0.191. The number of halogens is 1. The number of carbonyl (C=O) groups excluding carboxylic acids is 2. The Balaban J connectivity index is 1.34. The molecule has 2 aliphatic rings. The molecule has 4 heterocycles. The van der Waals surface area contributed by atoms with E-state index in [1.807, 2.05) is 26.1 Å². The van der Waals surface area contributed by atoms with Gasteiger partial charge in [0.25, 0.3) is 11.5 Å². The van der Waals surface area contributed by atoms with Crippen molar-refractivity contribution in [3.8, 4) is 11.1 Å². The topological polar surface area (TPSA) is 123 Å². The largest absolute Gasteiger partial charge is 0.461 e. The van der Waals surface area contributed by atoms with E-state index in [2.05, 4.69) is 25.1 Å². The van der Waals surface area contributed by atoms with E-state index in [0.29, 0.717) is 66.7 Å². The average molecular weight is 700 g/mol. The molecular weight excluding hydrogens is 653 g/mol. The average Bonchev–Trinajstić information content (AvgIpc) is 3.51. The highest BCUT2D eigenvalue weighted by atomic mass is 19.1. The summed E-state index contributed by atoms with van der Waals surface area (Å²) in [5, 5.41) is 6.31. The molecule has 1 aromatic carbocycles. The SMILES string of the molecule is CCOCCN(CCNC)c1ccc(Nc2cc(-c3cc(F)cc(N4CCn5c(cc6c5CCCC6)C4=O)c3COC(C)=O)cn(C)c2=O)nc1. The molecule has 51 heavy (non-hydrogen) atoms. The summed E-state index contributed by atoms with van der Waals surface area (Å²) in [6.45, 7) is 7.48. The van der Waals surface area contributed by atoms with E-state index in [0.717, 1.165) is 44.5 Å². The minimum Gasteiger partial charge on any atom is -0.461 e. The smallest absolute Gasteiger partial charge is 0.302 e. The molecule has 0 saturated heterocycles. The van der Waals surface area contributed by atoms with Gasteiger partial charge in [-0.25, -0.2) is 9.37 Å². The number of hydrogen-bond donors (Lipinski definition) is 2. The molecule has 0 unspecified atom stereocenters. The van der Waals surface area contributed by atoms with Crippen molar-refractivity contribution in [3.05, 3.63) is 87.5 Å². The highest BCUT2D eigenvalue weighted by Gasteiger charge is 2.32. The Morgan fingerprint density at radius 3 is 2.65 bits per heavy atom. The molecule has 0 atom stereocenters. The van der Waals surface area contributed by atoms with E-state index in [9.17, 15) is 14.4 Å². The van der Waals surface area contributed by atoms with Gasteiger partial charge in [-0.15, -0.1) is 0 Å². The monoisotopic (exact) mass is 699 g/mol. The van der Waals surface area contributed by atoms with Crippen molar-refractivity contribution in [3.63, 3.8) is 0 Å². The molecule has 0 fully saturated rings. The molecule has 3 aromatic heterocycles. The summed E-state index contributed by atoms with van der Waals surface area (Å²) >= 11 is 0. The van der Waals surface area contributed by atoms with Gasteiger partial charge in [0.1, 0.15) is 29.6 Å². The van der Waals surface area contributed by atoms with Gasteiger partial charge in [0.05, 0.1) is 24.2 Å². The Morgan fingerprint density at radius 2 is 1.90 bits per heavy atom. The summed E-state index contributed by atoms with van der Waals surface area (Å²) in [6, 6.07) is 10.0. The second-order valence-electron chi connectivity index (χ2n) is 12.9. The van der Waals surface area contributed by atoms with Crippen LogP contribution in [0.1, 0.15) is 54.0 Å². The van der Waals surface area contributed by atoms with E-state index in [1.165, 1.54) is 34.9 Å². The fourth-order valence-corrected chi connectivity index (χ4v) is 6.98. The molecule has 13 heteroatoms. The number of rotatable bonds is 14. The van der Waals surface area contributed by atoms with E-state index in [1.54, 1.807) is 36.5 Å². The van der Waals surface area contributed by atoms with Crippen molar-refractivity contribution >= 4 is 34.8 Å². The van der Waals surface area contributed by atoms with Crippen molar-refractivity contribution in [1.82, 2.24) is 19.4 Å². The first-order valence-electron chi connectivity index (χ1n) is 17.6. The molecule has 6 rings (SSSR count). The summed E-state index contributed by atoms with van der Waals surface area (Å²) in [5.41, 5.74) is 5.52. The molecule has 0 spiro atoms. The highest BCUT2D eigenvalue weighted by Crippen LogP contribution is 2.37. The summed E-state index contributed by atoms with van der Waals surface area (Å²) in [6.07, 6.45) is 7.42. The highest BCUT2D eigenvalue weighted by molar-refractivity contribution is 6.07. The number of nitrogens with one attached hydrogen (secondary N) is 2. The molecule has 270 valence electrons. The number of anilines is 4. The number of hydrogen-bond acceptors (Lipinski definition) is 9. The van der Waals surface area contributed by atoms with Gasteiger partial charge in [-0.05, 0) is 87.2 Å². The molecule has 0 saturated carbocycles. The van der Waals surface area contributed by atoms with E-state index < -0.39 is 11.8 Å². The second-order valence-corrected chi connectivity index (χ2v) is 12.9. The number of carbonyl (C=O) groups is 2. The Kier molecular flexibility index (Phi) is 11.2. The Morgan fingerprint density at radius 1 is 1.08 bits per heavy atom. The predicted octanol–water partition coefficient (Wildman–Crippen LogP) is 4.80. The first-order chi connectivity index (χ1) is 24.7. The number of likely N-dealkylation sites (N-methyl/N-ethyl adjacent to an activating group) is 1. The molecule has 0 bridgehead atoms. The summed E-state index contributed by atoms with van der Waals surface area (Å²) in [7, 11) is 3.52. The first kappa shape index (κ1) is 35.8. The van der Waals surface area contributed by atoms with Gasteiger partial charge in [0.15, 0.2) is 0 Å². The van der Waals surface area contributed by atoms with Gasteiger partial charge < -0.3 is 39.0 Å². The third-order valence-corrected chi connectivity index (χ3v) is 9.53. The van der Waals surface area contributed by atoms with Crippen LogP contribution < -0.4 is 26.0 Å². The van der Waals surface area contributed by atoms with Crippen LogP contribution in [0.15, 0.2) is 53.6 Å². The lowest BCUT2D eigenvalue weighted by atomic mass is 9.97. The van der Waals surface area contributed by atoms with Crippen LogP contribution in [0.5, 0.6) is 0 Å². The Labute approximate surface area is 297 Å². The van der Waals surface area contributed by atoms with Gasteiger partial charge in [-0.2, -0.15) is 0 Å². The maximum Gasteiger partial charge on any atom is 0.302 e. The number of aryl methyl sites for hydroxylation is 2. The molecule has 1 amide bonds. The van der Waals surface area contributed by atoms with Gasteiger partial charge in [0, 0.05) is 76.3 Å². The van der Waals surface area contributed by atoms with Crippen LogP contribution in [0.3, 0.4) is 0 Å². The lowest BCUT2D eigenvalue weighted by Gasteiger charge is -2.32. The zero-order valence-corrected chi connectivity index (χ0v) is 29.8. The van der Waals surface area contributed by atoms with Crippen LogP contribution in [0.25, 0.3) is 11.1 Å². The van der Waals surface area contributed by atoms with Crippen LogP contribution in [0.2, 0.25) is 0 Å². The first-order valence-corrected chi connectivity index (χ1v) is 17.6. The third kappa shape index (κ3) is 7.84. The number of ether oxygens (including phenoxy) is 2. The Hall–Kier alpha value is -5.01. The minimum atomic E-state index is -0.563. The maximum absolute atomic E-state index is 15.6. The van der Waals surface area contributed by atoms with Crippen LogP contribution in [0, 0.1) is 5.82 Å². The van der Waals surface area contributed by atoms with E-state index in [4.69, 9.17) is 9.47 Å². The predicted molar refractivity (Wildman–Crippen MR) is 195 cm³/mol. The number of aromatic nitrogens is 3. The molecule has 0 radical (unpaired) electrons. The normalized spacial score (nSPS) is 13.9. The van der Waals surface area contributed by atoms with Crippen LogP contribution in [-0.4, -0.2) is 72.4 Å². The van der Waals surface area contributed by atoms with Crippen molar-refractivity contribution < 1.29 is 23.5 Å². The lowest BCUT2D eigenvalue weighted by Crippen LogP contribution is -2.41. The zero-order chi connectivity index (χ0) is 36.1. The molecule has 2 N–H and O–H groups in total. The number of benzene rings is 1. The van der Waals surface area contributed by atoms with Gasteiger partial charge >= 0.3 is 5.97 Å². The number of esters is 1. The second kappa shape index (κ2) is 15.9. The molecule has 1 aliphatic heterocycles. The standard InChI is InChI=1S/C38H46FN7O5/c1-5-50-17-16-44(13-12-40-3)29-10-11-36(41-22-29)42-32-18-27(23-43(4)37(32)48)30-20-28(39)21-34(31(30)24-51-25(2)47)46-15-14-45-33-9-7-6-8-26(33)19-35(45)38(46)49/h10-11,18-23,40H,5-9,12-17,24H2,1-4H3,(H,41,42). The summed E-state index contributed by atoms with van der Waals surface area (Å²) in [5.74, 6) is -0.845. The van der Waals surface area contributed by atoms with Crippen molar-refractivity contribution in [2.75, 3.05) is 61.6 Å². The lowest BCUT2D eigenvalue weighted by molar-refractivity contribution is -0.142. The third-order valence-electron chi connectivity index (χ3n) is 9.53. The molecule has 12 nitrogen and oxygen atoms in total. The van der Waals surface area contributed by atoms with Crippen LogP contribution >= 0.6 is 0 Å². The van der Waals surface area contributed by atoms with Gasteiger partial charge in [0.2, 0.25) is 0 Å². The fourth-order valence-electron chi connectivity index (χ4n) is 6.98. The summed E-state index contributed by atoms with van der Waals surface area (Å²) in [4.78, 5) is 47.8. The number of pyridine rings is 2. The van der Waals surface area contributed by atoms with Crippen molar-refractivity contribution in [2.24, 2.45) is 7.05 Å². The summed E-state index contributed by atoms with van der Waals surface area (Å²) < 4.78 is 30.2. The van der Waals surface area contributed by atoms with Crippen LogP contribution in [-0.2, 0) is 47.3 Å². The van der Waals surface area contributed by atoms with E-state index in [-0.39, 0.29) is 23.8 Å². The Bertz CT molecular complexity index is 1960. The number of fused-ring (bicyclic) bond motifs is 3. The van der Waals surface area contributed by atoms with E-state index >= 15 is 4.39 Å². The van der Waals surface area contributed by atoms with Gasteiger partial charge in [-0.3, -0.25) is 14.4 Å². The quantitative estimate of drug-likeness (QED) is 0.141. The number of nitrogens with zero attached hydrogens (tertiary/aromatic N) is 5. The maximum atomic E-state index is 15.6. The molecule has 4 aromatic rings. The van der Waals surface area contributed by atoms with Crippen molar-refractivity contribution in [1.29, 1.82) is 0 Å². The fraction of sp³-hybridized carbons (Fsp3) is 0.421. The van der Waals surface area contributed by atoms with Gasteiger partial charge in [-0.1, -0.05) is 0 Å². The molecular formula is C38H46FN7O5. The number of amides is 1. The van der Waals surface area contributed by atoms with Crippen molar-refractivity contribution in [2.45, 2.75) is 52.7 Å². The van der Waals surface area contributed by atoms with Crippen LogP contribution in [0.4, 0.5) is 27.3 Å². The zero-order valence-electron chi connectivity index (χ0n) is 29.8. The molecule has 1 aliphatic carbocycles.